The van der Waals surface area contributed by atoms with Crippen molar-refractivity contribution < 1.29 is 4.90 Å². The van der Waals surface area contributed by atoms with Crippen molar-refractivity contribution in [3.8, 4) is 0 Å². The number of hydrogen-bond donors (Lipinski definition) is 2. The third-order valence-electron chi connectivity index (χ3n) is 5.04. The number of aromatic amines is 1. The summed E-state index contributed by atoms with van der Waals surface area (Å²) in [6.45, 7) is 9.00. The Hall–Kier alpha value is -2.39. The Kier molecular flexibility index (Phi) is 5.34. The van der Waals surface area contributed by atoms with Crippen LogP contribution in [0.4, 0.5) is 0 Å². The summed E-state index contributed by atoms with van der Waals surface area (Å²) in [5, 5.41) is 0.815. The topological polar surface area (TPSA) is 37.3 Å². The van der Waals surface area contributed by atoms with Gasteiger partial charge in [-0.2, -0.15) is 0 Å². The van der Waals surface area contributed by atoms with E-state index < -0.39 is 0 Å². The first-order chi connectivity index (χ1) is 12.1. The molecule has 130 valence electrons. The van der Waals surface area contributed by atoms with E-state index >= 15 is 0 Å². The molecule has 2 aromatic carbocycles. The largest absolute Gasteiger partial charge is 0.358 e. The molecular formula is C22H27N2O+. The number of fused-ring (bicyclic) bond motifs is 1. The summed E-state index contributed by atoms with van der Waals surface area (Å²) in [4.78, 5) is 18.0. The van der Waals surface area contributed by atoms with Crippen LogP contribution in [0.3, 0.4) is 0 Å². The zero-order valence-corrected chi connectivity index (χ0v) is 15.4. The van der Waals surface area contributed by atoms with E-state index in [2.05, 4.69) is 49.2 Å². The Bertz CT molecular complexity index is 912. The van der Waals surface area contributed by atoms with E-state index in [9.17, 15) is 4.79 Å². The number of H-pyrrole nitrogens is 1. The van der Waals surface area contributed by atoms with Crippen LogP contribution in [0, 0.1) is 6.92 Å². The molecule has 1 aromatic heterocycles. The molecule has 0 radical (unpaired) electrons. The van der Waals surface area contributed by atoms with E-state index in [1.807, 2.05) is 25.1 Å². The second-order valence-corrected chi connectivity index (χ2v) is 6.69. The van der Waals surface area contributed by atoms with Crippen LogP contribution < -0.4 is 10.3 Å². The van der Waals surface area contributed by atoms with Gasteiger partial charge in [-0.15, -0.1) is 0 Å². The first-order valence-electron chi connectivity index (χ1n) is 9.14. The number of benzene rings is 2. The van der Waals surface area contributed by atoms with Gasteiger partial charge in [0.05, 0.1) is 17.6 Å². The predicted molar refractivity (Wildman–Crippen MR) is 104 cm³/mol. The first-order valence-corrected chi connectivity index (χ1v) is 9.14. The summed E-state index contributed by atoms with van der Waals surface area (Å²) in [6.07, 6.45) is 0.923. The van der Waals surface area contributed by atoms with Gasteiger partial charge in [-0.05, 0) is 31.9 Å². The van der Waals surface area contributed by atoms with Crippen LogP contribution in [0.25, 0.3) is 10.9 Å². The number of aromatic nitrogens is 1. The van der Waals surface area contributed by atoms with Crippen molar-refractivity contribution in [2.24, 2.45) is 0 Å². The molecule has 0 bridgehead atoms. The van der Waals surface area contributed by atoms with Crippen LogP contribution in [0.1, 0.15) is 36.2 Å². The van der Waals surface area contributed by atoms with E-state index in [4.69, 9.17) is 0 Å². The van der Waals surface area contributed by atoms with E-state index in [-0.39, 0.29) is 5.43 Å². The van der Waals surface area contributed by atoms with Crippen LogP contribution >= 0.6 is 0 Å². The number of pyridine rings is 1. The molecule has 0 saturated carbocycles. The maximum absolute atomic E-state index is 13.1. The summed E-state index contributed by atoms with van der Waals surface area (Å²) in [6, 6.07) is 16.5. The fourth-order valence-corrected chi connectivity index (χ4v) is 3.49. The molecule has 3 aromatic rings. The van der Waals surface area contributed by atoms with Crippen molar-refractivity contribution >= 4 is 10.9 Å². The van der Waals surface area contributed by atoms with Crippen molar-refractivity contribution in [1.29, 1.82) is 0 Å². The van der Waals surface area contributed by atoms with Gasteiger partial charge < -0.3 is 9.88 Å². The molecule has 1 atom stereocenters. The number of quaternary nitrogens is 1. The average Bonchev–Trinajstić information content (AvgIpc) is 2.64. The molecule has 0 aliphatic heterocycles. The number of nitrogens with one attached hydrogen (secondary N) is 2. The predicted octanol–water partition coefficient (Wildman–Crippen LogP) is 3.00. The van der Waals surface area contributed by atoms with Gasteiger partial charge >= 0.3 is 0 Å². The van der Waals surface area contributed by atoms with Crippen molar-refractivity contribution in [3.63, 3.8) is 0 Å². The smallest absolute Gasteiger partial charge is 0.198 e. The average molecular weight is 335 g/mol. The lowest BCUT2D eigenvalue weighted by molar-refractivity contribution is -0.925. The lowest BCUT2D eigenvalue weighted by atomic mass is 10.0. The highest BCUT2D eigenvalue weighted by atomic mass is 16.1. The van der Waals surface area contributed by atoms with Crippen molar-refractivity contribution in [3.05, 3.63) is 81.1 Å². The molecule has 3 nitrogen and oxygen atoms in total. The Labute approximate surface area is 149 Å². The van der Waals surface area contributed by atoms with E-state index in [0.29, 0.717) is 0 Å². The van der Waals surface area contributed by atoms with E-state index in [1.54, 1.807) is 0 Å². The quantitative estimate of drug-likeness (QED) is 0.714. The fourth-order valence-electron chi connectivity index (χ4n) is 3.49. The molecule has 25 heavy (non-hydrogen) atoms. The minimum atomic E-state index is 0.181. The zero-order valence-electron chi connectivity index (χ0n) is 15.4. The lowest BCUT2D eigenvalue weighted by Gasteiger charge is -2.19. The monoisotopic (exact) mass is 335 g/mol. The van der Waals surface area contributed by atoms with E-state index in [1.165, 1.54) is 16.0 Å². The molecule has 0 spiro atoms. The van der Waals surface area contributed by atoms with Crippen LogP contribution in [0.2, 0.25) is 0 Å². The molecular weight excluding hydrogens is 308 g/mol. The minimum Gasteiger partial charge on any atom is -0.358 e. The molecule has 1 unspecified atom stereocenters. The number of hydrogen-bond acceptors (Lipinski definition) is 1. The first kappa shape index (κ1) is 17.4. The summed E-state index contributed by atoms with van der Waals surface area (Å²) in [5.41, 5.74) is 5.60. The van der Waals surface area contributed by atoms with Crippen LogP contribution in [-0.4, -0.2) is 11.5 Å². The molecule has 0 saturated heterocycles. The summed E-state index contributed by atoms with van der Waals surface area (Å²) < 4.78 is 0. The normalized spacial score (nSPS) is 12.4. The second kappa shape index (κ2) is 7.66. The highest BCUT2D eigenvalue weighted by molar-refractivity contribution is 5.82. The second-order valence-electron chi connectivity index (χ2n) is 6.69. The molecule has 0 aliphatic rings. The maximum Gasteiger partial charge on any atom is 0.198 e. The molecule has 0 fully saturated rings. The van der Waals surface area contributed by atoms with Crippen molar-refractivity contribution in [2.45, 2.75) is 40.3 Å². The zero-order chi connectivity index (χ0) is 17.8. The van der Waals surface area contributed by atoms with Gasteiger partial charge in [-0.25, -0.2) is 0 Å². The highest BCUT2D eigenvalue weighted by Crippen LogP contribution is 2.16. The molecule has 2 N–H and O–H groups in total. The van der Waals surface area contributed by atoms with Gasteiger partial charge in [0, 0.05) is 16.6 Å². The Morgan fingerprint density at radius 2 is 1.72 bits per heavy atom. The number of aryl methyl sites for hydroxylation is 2. The number of para-hydroxylation sites is 1. The molecule has 1 heterocycles. The van der Waals surface area contributed by atoms with Crippen LogP contribution in [0.15, 0.2) is 53.3 Å². The van der Waals surface area contributed by atoms with Crippen molar-refractivity contribution in [1.82, 2.24) is 4.98 Å². The molecule has 3 heteroatoms. The van der Waals surface area contributed by atoms with Crippen LogP contribution in [-0.2, 0) is 19.5 Å². The summed E-state index contributed by atoms with van der Waals surface area (Å²) >= 11 is 0. The van der Waals surface area contributed by atoms with E-state index in [0.717, 1.165) is 48.2 Å². The third-order valence-corrected chi connectivity index (χ3v) is 5.04. The molecule has 3 rings (SSSR count). The van der Waals surface area contributed by atoms with Gasteiger partial charge in [0.25, 0.3) is 0 Å². The van der Waals surface area contributed by atoms with Gasteiger partial charge in [0.2, 0.25) is 0 Å². The van der Waals surface area contributed by atoms with Crippen LogP contribution in [0.5, 0.6) is 0 Å². The summed E-state index contributed by atoms with van der Waals surface area (Å²) in [5.74, 6) is 0. The lowest BCUT2D eigenvalue weighted by Crippen LogP contribution is -3.09. The molecule has 0 aliphatic carbocycles. The third kappa shape index (κ3) is 3.67. The minimum absolute atomic E-state index is 0.181. The Morgan fingerprint density at radius 1 is 0.960 bits per heavy atom. The van der Waals surface area contributed by atoms with Gasteiger partial charge in [-0.3, -0.25) is 4.79 Å². The van der Waals surface area contributed by atoms with Gasteiger partial charge in [0.1, 0.15) is 13.1 Å². The highest BCUT2D eigenvalue weighted by Gasteiger charge is 2.16. The number of rotatable bonds is 6. The Morgan fingerprint density at radius 3 is 2.40 bits per heavy atom. The van der Waals surface area contributed by atoms with Gasteiger partial charge in [-0.1, -0.05) is 49.4 Å². The molecule has 0 amide bonds. The standard InChI is InChI=1S/C22H26N2O/c1-4-18-12-9-13-19-21(18)23-16(3)20(22(19)25)15-24(5-2)14-17-10-7-6-8-11-17/h6-13H,4-5,14-15H2,1-3H3,(H,23,25)/p+1. The van der Waals surface area contributed by atoms with Gasteiger partial charge in [0.15, 0.2) is 5.43 Å². The SMILES string of the molecule is CCc1cccc2c(=O)c(C[NH+](CC)Cc3ccccc3)c(C)[nH]c12. The summed E-state index contributed by atoms with van der Waals surface area (Å²) in [7, 11) is 0. The fraction of sp³-hybridized carbons (Fsp3) is 0.318. The maximum atomic E-state index is 13.1. The van der Waals surface area contributed by atoms with Crippen molar-refractivity contribution in [2.75, 3.05) is 6.54 Å². The Balaban J connectivity index is 1.96.